The molecule has 0 aliphatic rings. The van der Waals surface area contributed by atoms with Crippen LogP contribution in [0, 0.1) is 6.92 Å². The molecule has 20 heavy (non-hydrogen) atoms. The Morgan fingerprint density at radius 1 is 1.00 bits per heavy atom. The number of nitrogens with one attached hydrogen (secondary N) is 1. The maximum Gasteiger partial charge on any atom is 0.255 e. The van der Waals surface area contributed by atoms with E-state index < -0.39 is 9.84 Å². The van der Waals surface area contributed by atoms with Crippen molar-refractivity contribution < 1.29 is 13.2 Å². The van der Waals surface area contributed by atoms with Crippen LogP contribution in [0.4, 0.5) is 5.69 Å². The standard InChI is InChI=1S/C15H15NO3S/c1-11-5-3-4-6-14(11)15(17)16-12-7-9-13(10-8-12)20(2,18)19/h3-10H,1-2H3,(H,16,17). The van der Waals surface area contributed by atoms with E-state index in [9.17, 15) is 13.2 Å². The first kappa shape index (κ1) is 14.3. The summed E-state index contributed by atoms with van der Waals surface area (Å²) in [6.45, 7) is 1.86. The molecule has 2 aromatic carbocycles. The lowest BCUT2D eigenvalue weighted by atomic mass is 10.1. The van der Waals surface area contributed by atoms with Crippen molar-refractivity contribution in [2.45, 2.75) is 11.8 Å². The van der Waals surface area contributed by atoms with Gasteiger partial charge in [0.2, 0.25) is 0 Å². The number of aryl methyl sites for hydroxylation is 1. The Labute approximate surface area is 118 Å². The van der Waals surface area contributed by atoms with Gasteiger partial charge in [-0.25, -0.2) is 8.42 Å². The largest absolute Gasteiger partial charge is 0.322 e. The first-order valence-electron chi connectivity index (χ1n) is 6.05. The molecule has 5 heteroatoms. The minimum atomic E-state index is -3.22. The first-order valence-corrected chi connectivity index (χ1v) is 7.94. The average molecular weight is 289 g/mol. The molecule has 2 aromatic rings. The van der Waals surface area contributed by atoms with Gasteiger partial charge >= 0.3 is 0 Å². The molecule has 0 heterocycles. The van der Waals surface area contributed by atoms with Gasteiger partial charge in [-0.1, -0.05) is 18.2 Å². The maximum absolute atomic E-state index is 12.1. The van der Waals surface area contributed by atoms with Gasteiger partial charge in [-0.2, -0.15) is 0 Å². The van der Waals surface area contributed by atoms with Crippen molar-refractivity contribution in [1.29, 1.82) is 0 Å². The van der Waals surface area contributed by atoms with Crippen molar-refractivity contribution in [1.82, 2.24) is 0 Å². The van der Waals surface area contributed by atoms with Crippen molar-refractivity contribution in [3.8, 4) is 0 Å². The molecule has 0 atom stereocenters. The second kappa shape index (κ2) is 5.46. The number of carbonyl (C=O) groups excluding carboxylic acids is 1. The smallest absolute Gasteiger partial charge is 0.255 e. The van der Waals surface area contributed by atoms with E-state index in [2.05, 4.69) is 5.32 Å². The summed E-state index contributed by atoms with van der Waals surface area (Å²) in [5, 5.41) is 2.74. The minimum absolute atomic E-state index is 0.213. The van der Waals surface area contributed by atoms with Gasteiger partial charge in [0.05, 0.1) is 4.90 Å². The molecule has 0 spiro atoms. The molecular formula is C15H15NO3S. The molecular weight excluding hydrogens is 274 g/mol. The van der Waals surface area contributed by atoms with Gasteiger partial charge in [0.25, 0.3) is 5.91 Å². The monoisotopic (exact) mass is 289 g/mol. The van der Waals surface area contributed by atoms with Crippen LogP contribution in [0.3, 0.4) is 0 Å². The maximum atomic E-state index is 12.1. The van der Waals surface area contributed by atoms with Crippen molar-refractivity contribution in [3.05, 3.63) is 59.7 Å². The summed E-state index contributed by atoms with van der Waals surface area (Å²) in [4.78, 5) is 12.3. The lowest BCUT2D eigenvalue weighted by Gasteiger charge is -2.08. The number of carbonyl (C=O) groups is 1. The van der Waals surface area contributed by atoms with Crippen molar-refractivity contribution in [2.24, 2.45) is 0 Å². The van der Waals surface area contributed by atoms with Crippen molar-refractivity contribution in [2.75, 3.05) is 11.6 Å². The molecule has 0 unspecified atom stereocenters. The van der Waals surface area contributed by atoms with E-state index in [1.165, 1.54) is 12.1 Å². The third kappa shape index (κ3) is 3.24. The second-order valence-electron chi connectivity index (χ2n) is 4.57. The van der Waals surface area contributed by atoms with Gasteiger partial charge in [-0.15, -0.1) is 0 Å². The van der Waals surface area contributed by atoms with Crippen LogP contribution in [0.2, 0.25) is 0 Å². The van der Waals surface area contributed by atoms with E-state index in [1.54, 1.807) is 24.3 Å². The number of hydrogen-bond donors (Lipinski definition) is 1. The Morgan fingerprint density at radius 2 is 1.60 bits per heavy atom. The molecule has 0 aliphatic carbocycles. The highest BCUT2D eigenvalue weighted by molar-refractivity contribution is 7.90. The van der Waals surface area contributed by atoms with Gasteiger partial charge in [-0.05, 0) is 42.8 Å². The molecule has 0 aromatic heterocycles. The summed E-state index contributed by atoms with van der Waals surface area (Å²) < 4.78 is 22.7. The van der Waals surface area contributed by atoms with Crippen molar-refractivity contribution in [3.63, 3.8) is 0 Å². The third-order valence-electron chi connectivity index (χ3n) is 2.93. The van der Waals surface area contributed by atoms with E-state index in [1.807, 2.05) is 19.1 Å². The molecule has 0 aliphatic heterocycles. The van der Waals surface area contributed by atoms with Gasteiger partial charge in [-0.3, -0.25) is 4.79 Å². The molecule has 0 bridgehead atoms. The van der Waals surface area contributed by atoms with Crippen LogP contribution in [0.15, 0.2) is 53.4 Å². The SMILES string of the molecule is Cc1ccccc1C(=O)Nc1ccc(S(C)(=O)=O)cc1. The zero-order chi connectivity index (χ0) is 14.8. The van der Waals surface area contributed by atoms with E-state index in [-0.39, 0.29) is 10.8 Å². The van der Waals surface area contributed by atoms with Crippen LogP contribution in [0.5, 0.6) is 0 Å². The molecule has 0 radical (unpaired) electrons. The number of anilines is 1. The average Bonchev–Trinajstić information content (AvgIpc) is 2.38. The third-order valence-corrected chi connectivity index (χ3v) is 4.06. The summed E-state index contributed by atoms with van der Waals surface area (Å²) in [6, 6.07) is 13.4. The second-order valence-corrected chi connectivity index (χ2v) is 6.58. The zero-order valence-corrected chi connectivity index (χ0v) is 12.1. The molecule has 2 rings (SSSR count). The Hall–Kier alpha value is -2.14. The quantitative estimate of drug-likeness (QED) is 0.944. The molecule has 104 valence electrons. The van der Waals surface area contributed by atoms with Crippen LogP contribution < -0.4 is 5.32 Å². The van der Waals surface area contributed by atoms with Crippen LogP contribution in [-0.2, 0) is 9.84 Å². The van der Waals surface area contributed by atoms with Crippen LogP contribution in [-0.4, -0.2) is 20.6 Å². The number of sulfone groups is 1. The van der Waals surface area contributed by atoms with Gasteiger partial charge in [0.15, 0.2) is 9.84 Å². The summed E-state index contributed by atoms with van der Waals surface area (Å²) in [5.74, 6) is -0.213. The number of amides is 1. The van der Waals surface area contributed by atoms with Crippen LogP contribution in [0.1, 0.15) is 15.9 Å². The highest BCUT2D eigenvalue weighted by atomic mass is 32.2. The van der Waals surface area contributed by atoms with Gasteiger partial charge in [0.1, 0.15) is 0 Å². The zero-order valence-electron chi connectivity index (χ0n) is 11.3. The Balaban J connectivity index is 2.19. The van der Waals surface area contributed by atoms with Crippen molar-refractivity contribution >= 4 is 21.4 Å². The predicted octanol–water partition coefficient (Wildman–Crippen LogP) is 2.65. The molecule has 4 nitrogen and oxygen atoms in total. The topological polar surface area (TPSA) is 63.2 Å². The molecule has 0 saturated carbocycles. The summed E-state index contributed by atoms with van der Waals surface area (Å²) in [5.41, 5.74) is 2.04. The summed E-state index contributed by atoms with van der Waals surface area (Å²) >= 11 is 0. The number of rotatable bonds is 3. The van der Waals surface area contributed by atoms with Crippen LogP contribution in [0.25, 0.3) is 0 Å². The molecule has 1 amide bonds. The van der Waals surface area contributed by atoms with Gasteiger partial charge < -0.3 is 5.32 Å². The Kier molecular flexibility index (Phi) is 3.90. The highest BCUT2D eigenvalue weighted by Crippen LogP contribution is 2.15. The van der Waals surface area contributed by atoms with E-state index in [0.29, 0.717) is 11.3 Å². The lowest BCUT2D eigenvalue weighted by Crippen LogP contribution is -2.13. The predicted molar refractivity (Wildman–Crippen MR) is 78.7 cm³/mol. The fraction of sp³-hybridized carbons (Fsp3) is 0.133. The minimum Gasteiger partial charge on any atom is -0.322 e. The summed E-state index contributed by atoms with van der Waals surface area (Å²) in [6.07, 6.45) is 1.15. The normalized spacial score (nSPS) is 11.1. The molecule has 0 saturated heterocycles. The molecule has 1 N–H and O–H groups in total. The van der Waals surface area contributed by atoms with E-state index in [0.717, 1.165) is 11.8 Å². The highest BCUT2D eigenvalue weighted by Gasteiger charge is 2.10. The Morgan fingerprint density at radius 3 is 2.15 bits per heavy atom. The fourth-order valence-electron chi connectivity index (χ4n) is 1.81. The molecule has 0 fully saturated rings. The van der Waals surface area contributed by atoms with E-state index >= 15 is 0 Å². The number of benzene rings is 2. The van der Waals surface area contributed by atoms with Crippen LogP contribution >= 0.6 is 0 Å². The fourth-order valence-corrected chi connectivity index (χ4v) is 2.44. The summed E-state index contributed by atoms with van der Waals surface area (Å²) in [7, 11) is -3.22. The number of hydrogen-bond acceptors (Lipinski definition) is 3. The van der Waals surface area contributed by atoms with E-state index in [4.69, 9.17) is 0 Å². The van der Waals surface area contributed by atoms with Gasteiger partial charge in [0, 0.05) is 17.5 Å². The first-order chi connectivity index (χ1) is 9.38. The Bertz CT molecular complexity index is 734. The lowest BCUT2D eigenvalue weighted by molar-refractivity contribution is 0.102.